The molecule has 130 valence electrons. The van der Waals surface area contributed by atoms with Gasteiger partial charge in [0.25, 0.3) is 0 Å². The Morgan fingerprint density at radius 2 is 1.79 bits per heavy atom. The second-order valence-electron chi connectivity index (χ2n) is 6.52. The van der Waals surface area contributed by atoms with Gasteiger partial charge in [-0.05, 0) is 37.3 Å². The van der Waals surface area contributed by atoms with E-state index >= 15 is 0 Å². The summed E-state index contributed by atoms with van der Waals surface area (Å²) in [4.78, 5) is 25.7. The number of hydrogen-bond acceptors (Lipinski definition) is 4. The van der Waals surface area contributed by atoms with Gasteiger partial charge in [-0.3, -0.25) is 9.59 Å². The molecule has 2 heterocycles. The Hall–Kier alpha value is -1.89. The minimum Gasteiger partial charge on any atom is -0.344 e. The zero-order valence-corrected chi connectivity index (χ0v) is 14.3. The monoisotopic (exact) mass is 350 g/mol. The Morgan fingerprint density at radius 1 is 1.12 bits per heavy atom. The molecule has 2 amide bonds. The average molecular weight is 350 g/mol. The lowest BCUT2D eigenvalue weighted by Crippen LogP contribution is -2.48. The van der Waals surface area contributed by atoms with Crippen molar-refractivity contribution in [3.05, 3.63) is 30.3 Å². The van der Waals surface area contributed by atoms with Gasteiger partial charge in [-0.2, -0.15) is 0 Å². The van der Waals surface area contributed by atoms with Crippen LogP contribution in [0.2, 0.25) is 0 Å². The number of nitrogens with one attached hydrogen (secondary N) is 1. The highest BCUT2D eigenvalue weighted by molar-refractivity contribution is 7.91. The minimum absolute atomic E-state index is 0.0368. The zero-order chi connectivity index (χ0) is 17.2. The van der Waals surface area contributed by atoms with Crippen molar-refractivity contribution in [3.63, 3.8) is 0 Å². The molecule has 2 fully saturated rings. The normalized spacial score (nSPS) is 22.4. The molecule has 0 aromatic heterocycles. The third-order valence-electron chi connectivity index (χ3n) is 4.78. The number of carbonyl (C=O) groups excluding carboxylic acids is 2. The molecule has 0 spiro atoms. The largest absolute Gasteiger partial charge is 0.344 e. The maximum atomic E-state index is 12.4. The van der Waals surface area contributed by atoms with Gasteiger partial charge in [0.2, 0.25) is 11.8 Å². The number of amides is 2. The topological polar surface area (TPSA) is 83.6 Å². The Kier molecular flexibility index (Phi) is 4.89. The van der Waals surface area contributed by atoms with Crippen LogP contribution < -0.4 is 5.32 Å². The van der Waals surface area contributed by atoms with E-state index in [1.54, 1.807) is 35.2 Å². The van der Waals surface area contributed by atoms with E-state index in [1.807, 2.05) is 0 Å². The summed E-state index contributed by atoms with van der Waals surface area (Å²) in [7, 11) is -3.28. The summed E-state index contributed by atoms with van der Waals surface area (Å²) >= 11 is 0. The molecule has 2 aliphatic rings. The molecule has 24 heavy (non-hydrogen) atoms. The smallest absolute Gasteiger partial charge is 0.245 e. The second kappa shape index (κ2) is 6.93. The van der Waals surface area contributed by atoms with Crippen LogP contribution in [0.15, 0.2) is 35.2 Å². The first kappa shape index (κ1) is 17.0. The van der Waals surface area contributed by atoms with Crippen LogP contribution in [0.5, 0.6) is 0 Å². The number of piperidine rings is 1. The van der Waals surface area contributed by atoms with Crippen LogP contribution >= 0.6 is 0 Å². The van der Waals surface area contributed by atoms with Crippen LogP contribution in [0.1, 0.15) is 25.7 Å². The number of rotatable bonds is 4. The average Bonchev–Trinajstić information content (AvgIpc) is 3.02. The summed E-state index contributed by atoms with van der Waals surface area (Å²) in [6.45, 7) is 1.11. The Bertz CT molecular complexity index is 709. The molecule has 6 nitrogen and oxygen atoms in total. The van der Waals surface area contributed by atoms with Crippen molar-refractivity contribution >= 4 is 21.7 Å². The molecule has 2 saturated heterocycles. The lowest BCUT2D eigenvalue weighted by Gasteiger charge is -2.33. The molecule has 1 aromatic carbocycles. The zero-order valence-electron chi connectivity index (χ0n) is 13.5. The lowest BCUT2D eigenvalue weighted by atomic mass is 9.98. The third-order valence-corrected chi connectivity index (χ3v) is 6.68. The first-order chi connectivity index (χ1) is 11.5. The van der Waals surface area contributed by atoms with Gasteiger partial charge >= 0.3 is 0 Å². The van der Waals surface area contributed by atoms with E-state index in [2.05, 4.69) is 5.32 Å². The molecule has 2 aliphatic heterocycles. The van der Waals surface area contributed by atoms with Crippen molar-refractivity contribution in [2.75, 3.05) is 18.8 Å². The molecule has 0 saturated carbocycles. The number of benzene rings is 1. The van der Waals surface area contributed by atoms with Gasteiger partial charge in [-0.1, -0.05) is 18.2 Å². The number of hydrogen-bond donors (Lipinski definition) is 1. The summed E-state index contributed by atoms with van der Waals surface area (Å²) in [6.07, 6.45) is 2.32. The number of carbonyl (C=O) groups is 2. The second-order valence-corrected chi connectivity index (χ2v) is 8.56. The molecule has 0 aliphatic carbocycles. The van der Waals surface area contributed by atoms with Gasteiger partial charge in [0, 0.05) is 19.5 Å². The quantitative estimate of drug-likeness (QED) is 0.877. The summed E-state index contributed by atoms with van der Waals surface area (Å²) in [5, 5.41) is 2.70. The fourth-order valence-electron chi connectivity index (χ4n) is 3.37. The maximum Gasteiger partial charge on any atom is 0.245 e. The highest BCUT2D eigenvalue weighted by Crippen LogP contribution is 2.23. The van der Waals surface area contributed by atoms with E-state index in [1.165, 1.54) is 0 Å². The van der Waals surface area contributed by atoms with Gasteiger partial charge < -0.3 is 10.2 Å². The predicted octanol–water partition coefficient (Wildman–Crippen LogP) is 0.977. The summed E-state index contributed by atoms with van der Waals surface area (Å²) in [5.41, 5.74) is 0. The molecule has 7 heteroatoms. The molecule has 3 rings (SSSR count). The maximum absolute atomic E-state index is 12.4. The number of likely N-dealkylation sites (tertiary alicyclic amines) is 1. The van der Waals surface area contributed by atoms with Gasteiger partial charge in [-0.25, -0.2) is 8.42 Å². The predicted molar refractivity (Wildman–Crippen MR) is 89.0 cm³/mol. The van der Waals surface area contributed by atoms with E-state index in [-0.39, 0.29) is 23.5 Å². The van der Waals surface area contributed by atoms with Crippen LogP contribution in [0, 0.1) is 5.92 Å². The highest BCUT2D eigenvalue weighted by atomic mass is 32.2. The summed E-state index contributed by atoms with van der Waals surface area (Å²) in [6, 6.07) is 8.09. The van der Waals surface area contributed by atoms with Crippen LogP contribution in [-0.4, -0.2) is 50.0 Å². The number of nitrogens with zero attached hydrogens (tertiary/aromatic N) is 1. The van der Waals surface area contributed by atoms with E-state index < -0.39 is 15.9 Å². The first-order valence-corrected chi connectivity index (χ1v) is 9.97. The fourth-order valence-corrected chi connectivity index (χ4v) is 5.09. The number of sulfone groups is 1. The molecular formula is C17H22N2O4S. The molecular weight excluding hydrogens is 328 g/mol. The van der Waals surface area contributed by atoms with Crippen molar-refractivity contribution in [2.45, 2.75) is 36.6 Å². The standard InChI is InChI=1S/C17H22N2O4S/c20-16-7-6-15(18-16)17(21)19-10-8-13(9-11-19)12-24(22,23)14-4-2-1-3-5-14/h1-5,13,15H,6-12H2,(H,18,20). The fraction of sp³-hybridized carbons (Fsp3) is 0.529. The van der Waals surface area contributed by atoms with Gasteiger partial charge in [0.15, 0.2) is 9.84 Å². The van der Waals surface area contributed by atoms with Crippen molar-refractivity contribution in [1.82, 2.24) is 10.2 Å². The Morgan fingerprint density at radius 3 is 2.38 bits per heavy atom. The molecule has 1 unspecified atom stereocenters. The van der Waals surface area contributed by atoms with Gasteiger partial charge in [-0.15, -0.1) is 0 Å². The first-order valence-electron chi connectivity index (χ1n) is 8.32. The van der Waals surface area contributed by atoms with Gasteiger partial charge in [0.1, 0.15) is 6.04 Å². The molecule has 1 atom stereocenters. The van der Waals surface area contributed by atoms with Gasteiger partial charge in [0.05, 0.1) is 10.6 Å². The van der Waals surface area contributed by atoms with E-state index in [9.17, 15) is 18.0 Å². The molecule has 1 N–H and O–H groups in total. The third kappa shape index (κ3) is 3.77. The van der Waals surface area contributed by atoms with Crippen molar-refractivity contribution in [2.24, 2.45) is 5.92 Å². The van der Waals surface area contributed by atoms with Crippen LogP contribution in [0.4, 0.5) is 0 Å². The van der Waals surface area contributed by atoms with E-state index in [0.29, 0.717) is 43.7 Å². The van der Waals surface area contributed by atoms with Crippen LogP contribution in [0.3, 0.4) is 0 Å². The molecule has 0 bridgehead atoms. The van der Waals surface area contributed by atoms with Crippen LogP contribution in [0.25, 0.3) is 0 Å². The highest BCUT2D eigenvalue weighted by Gasteiger charge is 2.33. The molecule has 0 radical (unpaired) electrons. The van der Waals surface area contributed by atoms with Crippen LogP contribution in [-0.2, 0) is 19.4 Å². The Balaban J connectivity index is 1.54. The van der Waals surface area contributed by atoms with Crippen molar-refractivity contribution in [1.29, 1.82) is 0 Å². The Labute approximate surface area is 142 Å². The van der Waals surface area contributed by atoms with E-state index in [4.69, 9.17) is 0 Å². The lowest BCUT2D eigenvalue weighted by molar-refractivity contribution is -0.135. The van der Waals surface area contributed by atoms with Crippen molar-refractivity contribution < 1.29 is 18.0 Å². The van der Waals surface area contributed by atoms with Crippen molar-refractivity contribution in [3.8, 4) is 0 Å². The molecule has 1 aromatic rings. The summed E-state index contributed by atoms with van der Waals surface area (Å²) < 4.78 is 24.9. The minimum atomic E-state index is -3.28. The van der Waals surface area contributed by atoms with E-state index in [0.717, 1.165) is 0 Å². The SMILES string of the molecule is O=C1CCC(C(=O)N2CCC(CS(=O)(=O)c3ccccc3)CC2)N1. The summed E-state index contributed by atoms with van der Waals surface area (Å²) in [5.74, 6) is 0.0824.